The molecule has 108 valence electrons. The number of anilines is 1. The predicted octanol–water partition coefficient (Wildman–Crippen LogP) is 2.28. The molecule has 3 N–H and O–H groups in total. The SMILES string of the molecule is Cc1ccccc1C[C@H](CO)Nc1ncnc2[nH]ccc12. The average molecular weight is 282 g/mol. The third kappa shape index (κ3) is 2.87. The van der Waals surface area contributed by atoms with E-state index in [2.05, 4.69) is 39.3 Å². The van der Waals surface area contributed by atoms with Gasteiger partial charge in [-0.15, -0.1) is 0 Å². The molecule has 0 saturated carbocycles. The number of fused-ring (bicyclic) bond motifs is 1. The van der Waals surface area contributed by atoms with Crippen LogP contribution in [0.15, 0.2) is 42.9 Å². The molecular weight excluding hydrogens is 264 g/mol. The van der Waals surface area contributed by atoms with Crippen molar-refractivity contribution < 1.29 is 5.11 Å². The average Bonchev–Trinajstić information content (AvgIpc) is 2.98. The van der Waals surface area contributed by atoms with Gasteiger partial charge in [0.05, 0.1) is 18.0 Å². The smallest absolute Gasteiger partial charge is 0.142 e. The van der Waals surface area contributed by atoms with Gasteiger partial charge in [0, 0.05) is 6.20 Å². The minimum absolute atomic E-state index is 0.0459. The minimum atomic E-state index is -0.0842. The van der Waals surface area contributed by atoms with E-state index in [4.69, 9.17) is 0 Å². The number of aryl methyl sites for hydroxylation is 1. The van der Waals surface area contributed by atoms with Gasteiger partial charge in [0.15, 0.2) is 0 Å². The zero-order chi connectivity index (χ0) is 14.7. The number of benzene rings is 1. The lowest BCUT2D eigenvalue weighted by atomic mass is 10.0. The Bertz CT molecular complexity index is 738. The molecule has 1 aromatic carbocycles. The summed E-state index contributed by atoms with van der Waals surface area (Å²) in [5.41, 5.74) is 3.25. The third-order valence-electron chi connectivity index (χ3n) is 3.64. The van der Waals surface area contributed by atoms with Crippen molar-refractivity contribution in [2.75, 3.05) is 11.9 Å². The van der Waals surface area contributed by atoms with Crippen LogP contribution in [0.3, 0.4) is 0 Å². The molecule has 0 radical (unpaired) electrons. The number of aliphatic hydroxyl groups excluding tert-OH is 1. The highest BCUT2D eigenvalue weighted by molar-refractivity contribution is 5.86. The summed E-state index contributed by atoms with van der Waals surface area (Å²) in [5.74, 6) is 0.744. The van der Waals surface area contributed by atoms with Crippen LogP contribution in [0.2, 0.25) is 0 Å². The molecule has 0 aliphatic carbocycles. The van der Waals surface area contributed by atoms with Gasteiger partial charge < -0.3 is 15.4 Å². The number of aromatic nitrogens is 3. The molecule has 0 spiro atoms. The van der Waals surface area contributed by atoms with Crippen molar-refractivity contribution in [1.82, 2.24) is 15.0 Å². The summed E-state index contributed by atoms with van der Waals surface area (Å²) in [7, 11) is 0. The Morgan fingerprint density at radius 1 is 1.24 bits per heavy atom. The lowest BCUT2D eigenvalue weighted by Crippen LogP contribution is -2.27. The highest BCUT2D eigenvalue weighted by Gasteiger charge is 2.13. The van der Waals surface area contributed by atoms with Crippen molar-refractivity contribution >= 4 is 16.9 Å². The second kappa shape index (κ2) is 5.93. The van der Waals surface area contributed by atoms with Crippen LogP contribution in [0, 0.1) is 6.92 Å². The number of nitrogens with one attached hydrogen (secondary N) is 2. The number of aliphatic hydroxyl groups is 1. The molecule has 0 saturated heterocycles. The van der Waals surface area contributed by atoms with Crippen LogP contribution >= 0.6 is 0 Å². The summed E-state index contributed by atoms with van der Waals surface area (Å²) in [5, 5.41) is 13.9. The minimum Gasteiger partial charge on any atom is -0.394 e. The zero-order valence-electron chi connectivity index (χ0n) is 11.9. The van der Waals surface area contributed by atoms with Gasteiger partial charge in [-0.25, -0.2) is 9.97 Å². The molecule has 0 fully saturated rings. The van der Waals surface area contributed by atoms with Crippen LogP contribution in [0.4, 0.5) is 5.82 Å². The van der Waals surface area contributed by atoms with Crippen LogP contribution in [0.1, 0.15) is 11.1 Å². The number of rotatable bonds is 5. The number of aromatic amines is 1. The van der Waals surface area contributed by atoms with Gasteiger partial charge >= 0.3 is 0 Å². The molecule has 0 aliphatic rings. The largest absolute Gasteiger partial charge is 0.394 e. The van der Waals surface area contributed by atoms with Gasteiger partial charge in [-0.3, -0.25) is 0 Å². The van der Waals surface area contributed by atoms with Crippen molar-refractivity contribution in [1.29, 1.82) is 0 Å². The Labute approximate surface area is 123 Å². The van der Waals surface area contributed by atoms with Crippen LogP contribution in [-0.4, -0.2) is 32.7 Å². The highest BCUT2D eigenvalue weighted by atomic mass is 16.3. The Kier molecular flexibility index (Phi) is 3.83. The fourth-order valence-electron chi connectivity index (χ4n) is 2.45. The summed E-state index contributed by atoms with van der Waals surface area (Å²) in [6.45, 7) is 2.13. The number of H-pyrrole nitrogens is 1. The zero-order valence-corrected chi connectivity index (χ0v) is 11.9. The monoisotopic (exact) mass is 282 g/mol. The Morgan fingerprint density at radius 3 is 2.90 bits per heavy atom. The molecule has 0 aliphatic heterocycles. The molecule has 21 heavy (non-hydrogen) atoms. The van der Waals surface area contributed by atoms with E-state index in [0.717, 1.165) is 23.3 Å². The van der Waals surface area contributed by atoms with Gasteiger partial charge in [-0.2, -0.15) is 0 Å². The van der Waals surface area contributed by atoms with E-state index in [-0.39, 0.29) is 12.6 Å². The summed E-state index contributed by atoms with van der Waals surface area (Å²) in [6, 6.07) is 10.1. The van der Waals surface area contributed by atoms with Crippen molar-refractivity contribution in [3.05, 3.63) is 54.0 Å². The van der Waals surface area contributed by atoms with Crippen LogP contribution in [0.25, 0.3) is 11.0 Å². The van der Waals surface area contributed by atoms with E-state index in [0.29, 0.717) is 0 Å². The van der Waals surface area contributed by atoms with Crippen LogP contribution < -0.4 is 5.32 Å². The molecule has 0 unspecified atom stereocenters. The predicted molar refractivity (Wildman–Crippen MR) is 83.3 cm³/mol. The first-order valence-electron chi connectivity index (χ1n) is 6.98. The van der Waals surface area contributed by atoms with Gasteiger partial charge in [-0.1, -0.05) is 24.3 Å². The molecule has 2 aromatic heterocycles. The van der Waals surface area contributed by atoms with E-state index in [1.165, 1.54) is 17.5 Å². The Hall–Kier alpha value is -2.40. The molecule has 5 heteroatoms. The first-order valence-corrected chi connectivity index (χ1v) is 6.98. The van der Waals surface area contributed by atoms with Crippen molar-refractivity contribution in [3.63, 3.8) is 0 Å². The molecular formula is C16H18N4O. The second-order valence-electron chi connectivity index (χ2n) is 5.12. The fraction of sp³-hybridized carbons (Fsp3) is 0.250. The van der Waals surface area contributed by atoms with Gasteiger partial charge in [-0.05, 0) is 30.5 Å². The van der Waals surface area contributed by atoms with E-state index < -0.39 is 0 Å². The molecule has 1 atom stereocenters. The van der Waals surface area contributed by atoms with E-state index in [9.17, 15) is 5.11 Å². The van der Waals surface area contributed by atoms with Gasteiger partial charge in [0.25, 0.3) is 0 Å². The highest BCUT2D eigenvalue weighted by Crippen LogP contribution is 2.19. The van der Waals surface area contributed by atoms with E-state index in [1.807, 2.05) is 24.4 Å². The maximum absolute atomic E-state index is 9.65. The molecule has 3 rings (SSSR count). The standard InChI is InChI=1S/C16H18N4O/c1-11-4-2-3-5-12(11)8-13(9-21)20-16-14-6-7-17-15(14)18-10-19-16/h2-7,10,13,21H,8-9H2,1H3,(H2,17,18,19,20)/t13-/m1/s1. The van der Waals surface area contributed by atoms with Crippen molar-refractivity contribution in [3.8, 4) is 0 Å². The van der Waals surface area contributed by atoms with E-state index in [1.54, 1.807) is 0 Å². The van der Waals surface area contributed by atoms with Crippen LogP contribution in [0.5, 0.6) is 0 Å². The Morgan fingerprint density at radius 2 is 2.10 bits per heavy atom. The van der Waals surface area contributed by atoms with Gasteiger partial charge in [0.1, 0.15) is 17.8 Å². The maximum Gasteiger partial charge on any atom is 0.142 e. The molecule has 0 bridgehead atoms. The lowest BCUT2D eigenvalue weighted by molar-refractivity contribution is 0.273. The number of nitrogens with zero attached hydrogens (tertiary/aromatic N) is 2. The number of hydrogen-bond acceptors (Lipinski definition) is 4. The lowest BCUT2D eigenvalue weighted by Gasteiger charge is -2.18. The topological polar surface area (TPSA) is 73.8 Å². The summed E-state index contributed by atoms with van der Waals surface area (Å²) >= 11 is 0. The maximum atomic E-state index is 9.65. The fourth-order valence-corrected chi connectivity index (χ4v) is 2.45. The quantitative estimate of drug-likeness (QED) is 0.671. The summed E-state index contributed by atoms with van der Waals surface area (Å²) in [4.78, 5) is 11.5. The van der Waals surface area contributed by atoms with E-state index >= 15 is 0 Å². The first kappa shape index (κ1) is 13.6. The normalized spacial score (nSPS) is 12.5. The summed E-state index contributed by atoms with van der Waals surface area (Å²) in [6.07, 6.45) is 4.10. The molecule has 3 aromatic rings. The molecule has 2 heterocycles. The second-order valence-corrected chi connectivity index (χ2v) is 5.12. The van der Waals surface area contributed by atoms with Gasteiger partial charge in [0.2, 0.25) is 0 Å². The first-order chi connectivity index (χ1) is 10.3. The van der Waals surface area contributed by atoms with Crippen molar-refractivity contribution in [2.24, 2.45) is 0 Å². The molecule has 0 amide bonds. The number of hydrogen-bond donors (Lipinski definition) is 3. The summed E-state index contributed by atoms with van der Waals surface area (Å²) < 4.78 is 0. The molecule has 5 nitrogen and oxygen atoms in total. The van der Waals surface area contributed by atoms with Crippen LogP contribution in [-0.2, 0) is 6.42 Å². The Balaban J connectivity index is 1.81. The van der Waals surface area contributed by atoms with Crippen molar-refractivity contribution in [2.45, 2.75) is 19.4 Å². The third-order valence-corrected chi connectivity index (χ3v) is 3.64.